The van der Waals surface area contributed by atoms with Gasteiger partial charge in [-0.1, -0.05) is 6.92 Å². The van der Waals surface area contributed by atoms with Gasteiger partial charge in [-0.2, -0.15) is 0 Å². The quantitative estimate of drug-likeness (QED) is 0.589. The Labute approximate surface area is 107 Å². The van der Waals surface area contributed by atoms with Crippen molar-refractivity contribution in [1.29, 1.82) is 0 Å². The Morgan fingerprint density at radius 1 is 1.18 bits per heavy atom. The van der Waals surface area contributed by atoms with Crippen molar-refractivity contribution in [2.24, 2.45) is 5.92 Å². The second-order valence-corrected chi connectivity index (χ2v) is 6.11. The predicted molar refractivity (Wildman–Crippen MR) is 74.3 cm³/mol. The average Bonchev–Trinajstić information content (AvgIpc) is 3.15. The summed E-state index contributed by atoms with van der Waals surface area (Å²) in [5, 5.41) is 3.51. The smallest absolute Gasteiger partial charge is 0.00993 e. The SMILES string of the molecule is CCCNCCCC(C)N(CC1CC1)C1CC1. The van der Waals surface area contributed by atoms with Crippen molar-refractivity contribution >= 4 is 0 Å². The van der Waals surface area contributed by atoms with Crippen LogP contribution < -0.4 is 5.32 Å². The largest absolute Gasteiger partial charge is 0.317 e. The highest BCUT2D eigenvalue weighted by molar-refractivity contribution is 4.90. The molecule has 2 saturated carbocycles. The maximum Gasteiger partial charge on any atom is 0.00993 e. The summed E-state index contributed by atoms with van der Waals surface area (Å²) in [5.74, 6) is 1.05. The lowest BCUT2D eigenvalue weighted by molar-refractivity contribution is 0.179. The van der Waals surface area contributed by atoms with Gasteiger partial charge in [-0.05, 0) is 70.9 Å². The predicted octanol–water partition coefficient (Wildman–Crippen LogP) is 3.03. The van der Waals surface area contributed by atoms with Crippen LogP contribution in [0.25, 0.3) is 0 Å². The second kappa shape index (κ2) is 6.75. The molecule has 2 nitrogen and oxygen atoms in total. The van der Waals surface area contributed by atoms with Gasteiger partial charge in [0.25, 0.3) is 0 Å². The van der Waals surface area contributed by atoms with Gasteiger partial charge in [-0.25, -0.2) is 0 Å². The Morgan fingerprint density at radius 3 is 2.53 bits per heavy atom. The molecule has 1 N–H and O–H groups in total. The molecule has 1 unspecified atom stereocenters. The zero-order valence-electron chi connectivity index (χ0n) is 11.8. The zero-order chi connectivity index (χ0) is 12.1. The van der Waals surface area contributed by atoms with Crippen LogP contribution in [0.1, 0.15) is 58.8 Å². The molecule has 2 rings (SSSR count). The van der Waals surface area contributed by atoms with E-state index < -0.39 is 0 Å². The first kappa shape index (κ1) is 13.4. The van der Waals surface area contributed by atoms with Crippen LogP contribution >= 0.6 is 0 Å². The van der Waals surface area contributed by atoms with E-state index in [1.165, 1.54) is 64.6 Å². The minimum absolute atomic E-state index is 0.812. The molecule has 0 spiro atoms. The lowest BCUT2D eigenvalue weighted by Gasteiger charge is -2.29. The highest BCUT2D eigenvalue weighted by Gasteiger charge is 2.35. The Balaban J connectivity index is 1.59. The summed E-state index contributed by atoms with van der Waals surface area (Å²) in [7, 11) is 0. The maximum atomic E-state index is 3.51. The van der Waals surface area contributed by atoms with Crippen LogP contribution in [0.15, 0.2) is 0 Å². The van der Waals surface area contributed by atoms with Crippen LogP contribution in [0.2, 0.25) is 0 Å². The van der Waals surface area contributed by atoms with Gasteiger partial charge in [0.1, 0.15) is 0 Å². The van der Waals surface area contributed by atoms with E-state index in [-0.39, 0.29) is 0 Å². The molecule has 2 aliphatic carbocycles. The molecule has 2 fully saturated rings. The molecule has 0 heterocycles. The minimum Gasteiger partial charge on any atom is -0.317 e. The summed E-state index contributed by atoms with van der Waals surface area (Å²) in [4.78, 5) is 2.82. The fraction of sp³-hybridized carbons (Fsp3) is 1.00. The first-order valence-corrected chi connectivity index (χ1v) is 7.77. The highest BCUT2D eigenvalue weighted by atomic mass is 15.2. The number of hydrogen-bond acceptors (Lipinski definition) is 2. The molecule has 0 aromatic carbocycles. The Morgan fingerprint density at radius 2 is 1.94 bits per heavy atom. The molecule has 17 heavy (non-hydrogen) atoms. The third-order valence-corrected chi connectivity index (χ3v) is 4.15. The molecule has 1 atom stereocenters. The molecule has 2 aliphatic rings. The van der Waals surface area contributed by atoms with E-state index in [4.69, 9.17) is 0 Å². The van der Waals surface area contributed by atoms with E-state index in [0.29, 0.717) is 0 Å². The molecule has 0 bridgehead atoms. The van der Waals surface area contributed by atoms with E-state index >= 15 is 0 Å². The summed E-state index contributed by atoms with van der Waals surface area (Å²) in [6, 6.07) is 1.76. The Bertz CT molecular complexity index is 209. The Kier molecular flexibility index (Phi) is 5.30. The molecule has 0 aliphatic heterocycles. The van der Waals surface area contributed by atoms with Gasteiger partial charge in [0.15, 0.2) is 0 Å². The van der Waals surface area contributed by atoms with E-state index in [9.17, 15) is 0 Å². The minimum atomic E-state index is 0.812. The molecular weight excluding hydrogens is 208 g/mol. The molecule has 0 aromatic rings. The molecule has 100 valence electrons. The average molecular weight is 238 g/mol. The number of hydrogen-bond donors (Lipinski definition) is 1. The summed E-state index contributed by atoms with van der Waals surface area (Å²) >= 11 is 0. The first-order valence-electron chi connectivity index (χ1n) is 7.77. The van der Waals surface area contributed by atoms with Crippen LogP contribution in [0.5, 0.6) is 0 Å². The lowest BCUT2D eigenvalue weighted by atomic mass is 10.1. The van der Waals surface area contributed by atoms with Gasteiger partial charge < -0.3 is 5.32 Å². The standard InChI is InChI=1S/C15H30N2/c1-3-10-16-11-4-5-13(2)17(15-8-9-15)12-14-6-7-14/h13-16H,3-12H2,1-2H3. The molecule has 0 saturated heterocycles. The molecule has 0 aromatic heterocycles. The van der Waals surface area contributed by atoms with E-state index in [1.807, 2.05) is 0 Å². The number of nitrogens with one attached hydrogen (secondary N) is 1. The van der Waals surface area contributed by atoms with E-state index in [1.54, 1.807) is 0 Å². The van der Waals surface area contributed by atoms with Crippen LogP contribution in [0.4, 0.5) is 0 Å². The molecule has 2 heteroatoms. The summed E-state index contributed by atoms with van der Waals surface area (Å²) < 4.78 is 0. The van der Waals surface area contributed by atoms with Crippen LogP contribution in [-0.2, 0) is 0 Å². The highest BCUT2D eigenvalue weighted by Crippen LogP contribution is 2.36. The van der Waals surface area contributed by atoms with Crippen molar-refractivity contribution in [1.82, 2.24) is 10.2 Å². The number of nitrogens with zero attached hydrogens (tertiary/aromatic N) is 1. The normalized spacial score (nSPS) is 22.1. The van der Waals surface area contributed by atoms with Crippen molar-refractivity contribution in [3.63, 3.8) is 0 Å². The summed E-state index contributed by atoms with van der Waals surface area (Å²) in [5.41, 5.74) is 0. The van der Waals surface area contributed by atoms with Crippen molar-refractivity contribution < 1.29 is 0 Å². The van der Waals surface area contributed by atoms with Crippen LogP contribution in [0.3, 0.4) is 0 Å². The van der Waals surface area contributed by atoms with Crippen LogP contribution in [-0.4, -0.2) is 36.6 Å². The van der Waals surface area contributed by atoms with Crippen molar-refractivity contribution in [3.05, 3.63) is 0 Å². The molecule has 0 radical (unpaired) electrons. The fourth-order valence-electron chi connectivity index (χ4n) is 2.68. The van der Waals surface area contributed by atoms with Gasteiger partial charge in [0.05, 0.1) is 0 Å². The summed E-state index contributed by atoms with van der Waals surface area (Å²) in [6.45, 7) is 8.47. The van der Waals surface area contributed by atoms with E-state index in [2.05, 4.69) is 24.1 Å². The first-order chi connectivity index (χ1) is 8.31. The third-order valence-electron chi connectivity index (χ3n) is 4.15. The van der Waals surface area contributed by atoms with Crippen molar-refractivity contribution in [3.8, 4) is 0 Å². The monoisotopic (exact) mass is 238 g/mol. The van der Waals surface area contributed by atoms with Crippen molar-refractivity contribution in [2.75, 3.05) is 19.6 Å². The maximum absolute atomic E-state index is 3.51. The summed E-state index contributed by atoms with van der Waals surface area (Å²) in [6.07, 6.45) is 9.89. The van der Waals surface area contributed by atoms with Gasteiger partial charge in [-0.15, -0.1) is 0 Å². The van der Waals surface area contributed by atoms with Crippen LogP contribution in [0, 0.1) is 5.92 Å². The Hall–Kier alpha value is -0.0800. The topological polar surface area (TPSA) is 15.3 Å². The molecule has 0 amide bonds. The lowest BCUT2D eigenvalue weighted by Crippen LogP contribution is -2.37. The third kappa shape index (κ3) is 4.97. The van der Waals surface area contributed by atoms with Gasteiger partial charge in [0, 0.05) is 18.6 Å². The fourth-order valence-corrected chi connectivity index (χ4v) is 2.68. The zero-order valence-corrected chi connectivity index (χ0v) is 11.8. The number of rotatable bonds is 10. The van der Waals surface area contributed by atoms with Gasteiger partial charge in [-0.3, -0.25) is 4.90 Å². The van der Waals surface area contributed by atoms with E-state index in [0.717, 1.165) is 18.0 Å². The van der Waals surface area contributed by atoms with Gasteiger partial charge >= 0.3 is 0 Å². The second-order valence-electron chi connectivity index (χ2n) is 6.11. The van der Waals surface area contributed by atoms with Gasteiger partial charge in [0.2, 0.25) is 0 Å². The van der Waals surface area contributed by atoms with Crippen molar-refractivity contribution in [2.45, 2.75) is 70.9 Å². The molecular formula is C15H30N2.